The van der Waals surface area contributed by atoms with Crippen molar-refractivity contribution in [2.24, 2.45) is 5.92 Å². The Labute approximate surface area is 139 Å². The van der Waals surface area contributed by atoms with Crippen LogP contribution in [0.25, 0.3) is 0 Å². The number of nitrogens with zero attached hydrogens (tertiary/aromatic N) is 1. The summed E-state index contributed by atoms with van der Waals surface area (Å²) in [5, 5.41) is 3.00. The van der Waals surface area contributed by atoms with Crippen molar-refractivity contribution in [1.82, 2.24) is 9.62 Å². The highest BCUT2D eigenvalue weighted by Gasteiger charge is 2.33. The molecule has 1 aliphatic rings. The maximum atomic E-state index is 12.7. The molecule has 1 N–H and O–H groups in total. The Morgan fingerprint density at radius 3 is 2.70 bits per heavy atom. The third-order valence-electron chi connectivity index (χ3n) is 4.25. The quantitative estimate of drug-likeness (QED) is 0.866. The molecule has 128 valence electrons. The second-order valence-corrected chi connectivity index (χ2v) is 8.15. The number of piperidine rings is 1. The number of benzene rings is 1. The van der Waals surface area contributed by atoms with Crippen LogP contribution in [0.2, 0.25) is 0 Å². The van der Waals surface area contributed by atoms with Crippen molar-refractivity contribution in [2.45, 2.75) is 50.5 Å². The largest absolute Gasteiger partial charge is 0.353 e. The van der Waals surface area contributed by atoms with E-state index in [1.165, 1.54) is 4.31 Å². The van der Waals surface area contributed by atoms with E-state index in [1.807, 2.05) is 6.92 Å². The molecular formula is C17H26N2O3S. The first kappa shape index (κ1) is 17.9. The van der Waals surface area contributed by atoms with Crippen molar-refractivity contribution < 1.29 is 13.2 Å². The third-order valence-corrected chi connectivity index (χ3v) is 6.13. The second kappa shape index (κ2) is 7.93. The number of nitrogens with one attached hydrogen (secondary N) is 1. The van der Waals surface area contributed by atoms with Crippen molar-refractivity contribution in [2.75, 3.05) is 13.1 Å². The maximum absolute atomic E-state index is 12.7. The minimum Gasteiger partial charge on any atom is -0.353 e. The topological polar surface area (TPSA) is 66.5 Å². The molecule has 1 heterocycles. The molecule has 0 bridgehead atoms. The fraction of sp³-hybridized carbons (Fsp3) is 0.588. The zero-order valence-electron chi connectivity index (χ0n) is 13.9. The average Bonchev–Trinajstić information content (AvgIpc) is 2.56. The monoisotopic (exact) mass is 338 g/mol. The fourth-order valence-corrected chi connectivity index (χ4v) is 4.53. The predicted molar refractivity (Wildman–Crippen MR) is 90.4 cm³/mol. The lowest BCUT2D eigenvalue weighted by Gasteiger charge is -2.31. The number of rotatable bonds is 6. The molecule has 5 nitrogen and oxygen atoms in total. The van der Waals surface area contributed by atoms with E-state index in [0.717, 1.165) is 19.3 Å². The summed E-state index contributed by atoms with van der Waals surface area (Å²) in [6, 6.07) is 8.56. The van der Waals surface area contributed by atoms with Gasteiger partial charge in [0.2, 0.25) is 15.9 Å². The number of hydrogen-bond acceptors (Lipinski definition) is 3. The van der Waals surface area contributed by atoms with Gasteiger partial charge in [0.25, 0.3) is 0 Å². The molecule has 1 amide bonds. The van der Waals surface area contributed by atoms with Crippen LogP contribution in [0.5, 0.6) is 0 Å². The summed E-state index contributed by atoms with van der Waals surface area (Å²) < 4.78 is 26.8. The summed E-state index contributed by atoms with van der Waals surface area (Å²) >= 11 is 0. The molecule has 23 heavy (non-hydrogen) atoms. The van der Waals surface area contributed by atoms with Crippen molar-refractivity contribution in [3.8, 4) is 0 Å². The van der Waals surface area contributed by atoms with Gasteiger partial charge in [0.1, 0.15) is 0 Å². The summed E-state index contributed by atoms with van der Waals surface area (Å²) in [7, 11) is -3.51. The van der Waals surface area contributed by atoms with E-state index < -0.39 is 10.0 Å². The number of amides is 1. The van der Waals surface area contributed by atoms with Crippen LogP contribution in [-0.4, -0.2) is 37.8 Å². The SMILES string of the molecule is CCC[C@H](C)NC(=O)[C@@H]1CCCN(S(=O)(=O)c2ccccc2)C1. The van der Waals surface area contributed by atoms with E-state index in [4.69, 9.17) is 0 Å². The lowest BCUT2D eigenvalue weighted by atomic mass is 9.98. The smallest absolute Gasteiger partial charge is 0.243 e. The highest BCUT2D eigenvalue weighted by Crippen LogP contribution is 2.24. The van der Waals surface area contributed by atoms with Crippen molar-refractivity contribution in [3.05, 3.63) is 30.3 Å². The molecule has 1 aromatic carbocycles. The van der Waals surface area contributed by atoms with Gasteiger partial charge in [-0.2, -0.15) is 4.31 Å². The molecule has 1 aliphatic heterocycles. The maximum Gasteiger partial charge on any atom is 0.243 e. The Bertz CT molecular complexity index is 616. The minimum atomic E-state index is -3.51. The van der Waals surface area contributed by atoms with Gasteiger partial charge in [0.15, 0.2) is 0 Å². The number of carbonyl (C=O) groups is 1. The van der Waals surface area contributed by atoms with Gasteiger partial charge in [-0.05, 0) is 38.3 Å². The van der Waals surface area contributed by atoms with Gasteiger partial charge in [-0.3, -0.25) is 4.79 Å². The Kier molecular flexibility index (Phi) is 6.18. The van der Waals surface area contributed by atoms with Gasteiger partial charge in [0, 0.05) is 19.1 Å². The molecule has 0 aliphatic carbocycles. The number of sulfonamides is 1. The molecule has 0 aromatic heterocycles. The summed E-state index contributed by atoms with van der Waals surface area (Å²) in [5.74, 6) is -0.291. The molecule has 0 saturated carbocycles. The molecule has 6 heteroatoms. The standard InChI is InChI=1S/C17H26N2O3S/c1-3-8-14(2)18-17(20)15-9-7-12-19(13-15)23(21,22)16-10-5-4-6-11-16/h4-6,10-11,14-15H,3,7-9,12-13H2,1-2H3,(H,18,20)/t14-,15+/m0/s1. The van der Waals surface area contributed by atoms with Crippen LogP contribution >= 0.6 is 0 Å². The van der Waals surface area contributed by atoms with E-state index in [1.54, 1.807) is 30.3 Å². The minimum absolute atomic E-state index is 0.0288. The van der Waals surface area contributed by atoms with E-state index in [-0.39, 0.29) is 24.4 Å². The van der Waals surface area contributed by atoms with Gasteiger partial charge in [-0.15, -0.1) is 0 Å². The Balaban J connectivity index is 2.05. The highest BCUT2D eigenvalue weighted by molar-refractivity contribution is 7.89. The Morgan fingerprint density at radius 2 is 2.04 bits per heavy atom. The summed E-state index contributed by atoms with van der Waals surface area (Å²) in [6.45, 7) is 4.81. The molecule has 1 saturated heterocycles. The molecule has 0 radical (unpaired) electrons. The van der Waals surface area contributed by atoms with E-state index >= 15 is 0 Å². The predicted octanol–water partition coefficient (Wildman–Crippen LogP) is 2.39. The molecule has 2 atom stereocenters. The van der Waals surface area contributed by atoms with Crippen LogP contribution < -0.4 is 5.32 Å². The van der Waals surface area contributed by atoms with Gasteiger partial charge in [-0.1, -0.05) is 31.5 Å². The van der Waals surface area contributed by atoms with Gasteiger partial charge in [-0.25, -0.2) is 8.42 Å². The van der Waals surface area contributed by atoms with Crippen LogP contribution in [0.4, 0.5) is 0 Å². The summed E-state index contributed by atoms with van der Waals surface area (Å²) in [6.07, 6.45) is 3.41. The lowest BCUT2D eigenvalue weighted by Crippen LogP contribution is -2.47. The molecule has 2 rings (SSSR count). The molecule has 1 aromatic rings. The first-order chi connectivity index (χ1) is 10.9. The first-order valence-corrected chi connectivity index (χ1v) is 9.74. The van der Waals surface area contributed by atoms with Crippen molar-refractivity contribution in [1.29, 1.82) is 0 Å². The van der Waals surface area contributed by atoms with Crippen molar-refractivity contribution >= 4 is 15.9 Å². The number of carbonyl (C=O) groups excluding carboxylic acids is 1. The van der Waals surface area contributed by atoms with Crippen LogP contribution in [0, 0.1) is 5.92 Å². The summed E-state index contributed by atoms with van der Waals surface area (Å²) in [5.41, 5.74) is 0. The van der Waals surface area contributed by atoms with Crippen molar-refractivity contribution in [3.63, 3.8) is 0 Å². The third kappa shape index (κ3) is 4.54. The average molecular weight is 338 g/mol. The second-order valence-electron chi connectivity index (χ2n) is 6.21. The molecular weight excluding hydrogens is 312 g/mol. The lowest BCUT2D eigenvalue weighted by molar-refractivity contribution is -0.126. The van der Waals surface area contributed by atoms with Crippen LogP contribution in [0.3, 0.4) is 0 Å². The van der Waals surface area contributed by atoms with Crippen LogP contribution in [0.1, 0.15) is 39.5 Å². The molecule has 0 unspecified atom stereocenters. The molecule has 1 fully saturated rings. The van der Waals surface area contributed by atoms with E-state index in [0.29, 0.717) is 17.9 Å². The number of hydrogen-bond donors (Lipinski definition) is 1. The normalized spacial score (nSPS) is 20.9. The molecule has 0 spiro atoms. The first-order valence-electron chi connectivity index (χ1n) is 8.30. The van der Waals surface area contributed by atoms with E-state index in [9.17, 15) is 13.2 Å². The Hall–Kier alpha value is -1.40. The zero-order valence-corrected chi connectivity index (χ0v) is 14.7. The van der Waals surface area contributed by atoms with Crippen LogP contribution in [0.15, 0.2) is 35.2 Å². The fourth-order valence-electron chi connectivity index (χ4n) is 2.98. The van der Waals surface area contributed by atoms with Gasteiger partial charge in [0.05, 0.1) is 10.8 Å². The zero-order chi connectivity index (χ0) is 16.9. The van der Waals surface area contributed by atoms with Gasteiger partial charge >= 0.3 is 0 Å². The summed E-state index contributed by atoms with van der Waals surface area (Å²) in [4.78, 5) is 12.7. The van der Waals surface area contributed by atoms with E-state index in [2.05, 4.69) is 12.2 Å². The van der Waals surface area contributed by atoms with Crippen LogP contribution in [-0.2, 0) is 14.8 Å². The van der Waals surface area contributed by atoms with Gasteiger partial charge < -0.3 is 5.32 Å². The Morgan fingerprint density at radius 1 is 1.35 bits per heavy atom. The highest BCUT2D eigenvalue weighted by atomic mass is 32.2.